The molecule has 2 aromatic rings. The van der Waals surface area contributed by atoms with Gasteiger partial charge in [-0.15, -0.1) is 10.2 Å². The Labute approximate surface area is 131 Å². The molecule has 1 aliphatic rings. The van der Waals surface area contributed by atoms with Crippen LogP contribution in [0.4, 0.5) is 0 Å². The van der Waals surface area contributed by atoms with Crippen molar-refractivity contribution in [1.29, 1.82) is 0 Å². The third-order valence-corrected chi connectivity index (χ3v) is 4.40. The Balaban J connectivity index is 1.70. The highest BCUT2D eigenvalue weighted by Gasteiger charge is 2.16. The number of hydrogen-bond acceptors (Lipinski definition) is 3. The minimum absolute atomic E-state index is 0.103. The summed E-state index contributed by atoms with van der Waals surface area (Å²) in [5.74, 6) is 1.78. The fourth-order valence-corrected chi connectivity index (χ4v) is 3.04. The van der Waals surface area contributed by atoms with Crippen LogP contribution in [0.25, 0.3) is 0 Å². The maximum absolute atomic E-state index is 12.2. The van der Waals surface area contributed by atoms with E-state index in [1.165, 1.54) is 12.8 Å². The average molecular weight is 349 g/mol. The van der Waals surface area contributed by atoms with E-state index in [9.17, 15) is 4.79 Å². The third kappa shape index (κ3) is 3.15. The smallest absolute Gasteiger partial charge is 0.252 e. The second-order valence-corrected chi connectivity index (χ2v) is 6.01. The van der Waals surface area contributed by atoms with E-state index in [1.807, 2.05) is 18.2 Å². The predicted molar refractivity (Wildman–Crippen MR) is 82.9 cm³/mol. The van der Waals surface area contributed by atoms with Crippen molar-refractivity contribution in [2.75, 3.05) is 0 Å². The molecule has 0 unspecified atom stereocenters. The van der Waals surface area contributed by atoms with Crippen LogP contribution in [0.1, 0.15) is 41.3 Å². The van der Waals surface area contributed by atoms with Crippen LogP contribution in [-0.4, -0.2) is 20.7 Å². The monoisotopic (exact) mass is 348 g/mol. The number of nitrogens with zero attached hydrogens (tertiary/aromatic N) is 3. The van der Waals surface area contributed by atoms with Crippen molar-refractivity contribution in [2.45, 2.75) is 38.8 Å². The average Bonchev–Trinajstić information content (AvgIpc) is 2.72. The van der Waals surface area contributed by atoms with Gasteiger partial charge in [-0.2, -0.15) is 0 Å². The molecule has 0 bridgehead atoms. The second kappa shape index (κ2) is 6.39. The Morgan fingerprint density at radius 1 is 1.24 bits per heavy atom. The number of benzene rings is 1. The molecule has 1 aromatic heterocycles. The molecule has 1 N–H and O–H groups in total. The zero-order valence-corrected chi connectivity index (χ0v) is 13.3. The second-order valence-electron chi connectivity index (χ2n) is 5.16. The van der Waals surface area contributed by atoms with Crippen LogP contribution in [0.3, 0.4) is 0 Å². The largest absolute Gasteiger partial charge is 0.345 e. The SMILES string of the molecule is O=C(NCc1nnc2n1CCCCC2)c1ccccc1Br. The third-order valence-electron chi connectivity index (χ3n) is 3.71. The lowest BCUT2D eigenvalue weighted by atomic mass is 10.2. The molecule has 1 amide bonds. The van der Waals surface area contributed by atoms with Gasteiger partial charge in [0.25, 0.3) is 5.91 Å². The molecule has 110 valence electrons. The summed E-state index contributed by atoms with van der Waals surface area (Å²) in [4.78, 5) is 12.2. The number of carbonyl (C=O) groups excluding carboxylic acids is 1. The van der Waals surface area contributed by atoms with Crippen LogP contribution < -0.4 is 5.32 Å². The topological polar surface area (TPSA) is 59.8 Å². The summed E-state index contributed by atoms with van der Waals surface area (Å²) in [6, 6.07) is 7.39. The molecule has 2 heterocycles. The fourth-order valence-electron chi connectivity index (χ4n) is 2.58. The number of halogens is 1. The molecule has 0 aliphatic carbocycles. The Bertz CT molecular complexity index is 653. The highest BCUT2D eigenvalue weighted by Crippen LogP contribution is 2.16. The first-order valence-electron chi connectivity index (χ1n) is 7.19. The Kier molecular flexibility index (Phi) is 4.34. The standard InChI is InChI=1S/C15H17BrN4O/c16-12-7-4-3-6-11(12)15(21)17-10-14-19-18-13-8-2-1-5-9-20(13)14/h3-4,6-7H,1-2,5,8-10H2,(H,17,21). The summed E-state index contributed by atoms with van der Waals surface area (Å²) in [7, 11) is 0. The van der Waals surface area contributed by atoms with Crippen LogP contribution in [0.15, 0.2) is 28.7 Å². The van der Waals surface area contributed by atoms with E-state index < -0.39 is 0 Å². The molecule has 1 aliphatic heterocycles. The van der Waals surface area contributed by atoms with Gasteiger partial charge >= 0.3 is 0 Å². The Morgan fingerprint density at radius 3 is 2.95 bits per heavy atom. The number of fused-ring (bicyclic) bond motifs is 1. The molecule has 0 atom stereocenters. The molecule has 6 heteroatoms. The molecule has 0 radical (unpaired) electrons. The minimum atomic E-state index is -0.103. The van der Waals surface area contributed by atoms with E-state index in [0.717, 1.165) is 35.5 Å². The maximum atomic E-state index is 12.2. The number of aromatic nitrogens is 3. The quantitative estimate of drug-likeness (QED) is 0.927. The Hall–Kier alpha value is -1.69. The molecule has 1 aromatic carbocycles. The van der Waals surface area contributed by atoms with Crippen molar-refractivity contribution in [3.8, 4) is 0 Å². The summed E-state index contributed by atoms with van der Waals surface area (Å²) in [6.07, 6.45) is 4.52. The number of carbonyl (C=O) groups is 1. The van der Waals surface area contributed by atoms with Crippen LogP contribution in [0.2, 0.25) is 0 Å². The highest BCUT2D eigenvalue weighted by atomic mass is 79.9. The highest BCUT2D eigenvalue weighted by molar-refractivity contribution is 9.10. The van der Waals surface area contributed by atoms with Gasteiger partial charge in [-0.25, -0.2) is 0 Å². The van der Waals surface area contributed by atoms with E-state index in [2.05, 4.69) is 36.0 Å². The van der Waals surface area contributed by atoms with Crippen LogP contribution in [-0.2, 0) is 19.5 Å². The van der Waals surface area contributed by atoms with E-state index in [0.29, 0.717) is 12.1 Å². The summed E-state index contributed by atoms with van der Waals surface area (Å²) in [6.45, 7) is 1.36. The van der Waals surface area contributed by atoms with Crippen molar-refractivity contribution in [3.63, 3.8) is 0 Å². The number of aryl methyl sites for hydroxylation is 1. The van der Waals surface area contributed by atoms with Gasteiger partial charge in [-0.3, -0.25) is 4.79 Å². The summed E-state index contributed by atoms with van der Waals surface area (Å²) >= 11 is 3.39. The molecule has 5 nitrogen and oxygen atoms in total. The van der Waals surface area contributed by atoms with Crippen molar-refractivity contribution in [3.05, 3.63) is 46.0 Å². The van der Waals surface area contributed by atoms with E-state index in [-0.39, 0.29) is 5.91 Å². The molecule has 3 rings (SSSR count). The van der Waals surface area contributed by atoms with Crippen molar-refractivity contribution >= 4 is 21.8 Å². The van der Waals surface area contributed by atoms with Gasteiger partial charge in [-0.1, -0.05) is 18.6 Å². The fraction of sp³-hybridized carbons (Fsp3) is 0.400. The Morgan fingerprint density at radius 2 is 2.10 bits per heavy atom. The lowest BCUT2D eigenvalue weighted by Crippen LogP contribution is -2.25. The van der Waals surface area contributed by atoms with Crippen LogP contribution >= 0.6 is 15.9 Å². The lowest BCUT2D eigenvalue weighted by Gasteiger charge is -2.09. The van der Waals surface area contributed by atoms with E-state index >= 15 is 0 Å². The number of rotatable bonds is 3. The van der Waals surface area contributed by atoms with Crippen LogP contribution in [0.5, 0.6) is 0 Å². The molecular weight excluding hydrogens is 332 g/mol. The van der Waals surface area contributed by atoms with Gasteiger partial charge in [0.2, 0.25) is 0 Å². The number of nitrogens with one attached hydrogen (secondary N) is 1. The molecule has 21 heavy (non-hydrogen) atoms. The molecule has 0 fully saturated rings. The number of hydrogen-bond donors (Lipinski definition) is 1. The van der Waals surface area contributed by atoms with Gasteiger partial charge in [0, 0.05) is 17.4 Å². The van der Waals surface area contributed by atoms with Crippen LogP contribution in [0, 0.1) is 0 Å². The van der Waals surface area contributed by atoms with Crippen molar-refractivity contribution in [1.82, 2.24) is 20.1 Å². The lowest BCUT2D eigenvalue weighted by molar-refractivity contribution is 0.0948. The van der Waals surface area contributed by atoms with E-state index in [1.54, 1.807) is 6.07 Å². The molecule has 0 saturated carbocycles. The summed E-state index contributed by atoms with van der Waals surface area (Å²) < 4.78 is 2.94. The predicted octanol–water partition coefficient (Wildman–Crippen LogP) is 2.70. The summed E-state index contributed by atoms with van der Waals surface area (Å²) in [5.41, 5.74) is 0.633. The molecular formula is C15H17BrN4O. The number of amides is 1. The molecule has 0 spiro atoms. The maximum Gasteiger partial charge on any atom is 0.252 e. The molecule has 0 saturated heterocycles. The zero-order chi connectivity index (χ0) is 14.7. The normalized spacial score (nSPS) is 14.3. The van der Waals surface area contributed by atoms with Gasteiger partial charge in [0.1, 0.15) is 5.82 Å². The zero-order valence-electron chi connectivity index (χ0n) is 11.7. The first-order valence-corrected chi connectivity index (χ1v) is 7.98. The van der Waals surface area contributed by atoms with E-state index in [4.69, 9.17) is 0 Å². The van der Waals surface area contributed by atoms with Gasteiger partial charge < -0.3 is 9.88 Å². The van der Waals surface area contributed by atoms with Gasteiger partial charge in [0.15, 0.2) is 5.82 Å². The van der Waals surface area contributed by atoms with Crippen molar-refractivity contribution < 1.29 is 4.79 Å². The van der Waals surface area contributed by atoms with Crippen molar-refractivity contribution in [2.24, 2.45) is 0 Å². The first kappa shape index (κ1) is 14.3. The van der Waals surface area contributed by atoms with Gasteiger partial charge in [0.05, 0.1) is 12.1 Å². The van der Waals surface area contributed by atoms with Gasteiger partial charge in [-0.05, 0) is 40.9 Å². The summed E-state index contributed by atoms with van der Waals surface area (Å²) in [5, 5.41) is 11.4. The minimum Gasteiger partial charge on any atom is -0.345 e. The first-order chi connectivity index (χ1) is 10.3.